The summed E-state index contributed by atoms with van der Waals surface area (Å²) in [6, 6.07) is 6.58. The van der Waals surface area contributed by atoms with E-state index < -0.39 is 6.09 Å². The number of rotatable bonds is 8. The smallest absolute Gasteiger partial charge is 0.141 e. The van der Waals surface area contributed by atoms with Gasteiger partial charge in [0.1, 0.15) is 6.09 Å². The molecule has 0 bridgehead atoms. The number of hydrogen-bond acceptors (Lipinski definition) is 4. The van der Waals surface area contributed by atoms with Gasteiger partial charge < -0.3 is 24.3 Å². The second-order valence-electron chi connectivity index (χ2n) is 3.71. The first-order valence-electron chi connectivity index (χ1n) is 6.04. The predicted octanol–water partition coefficient (Wildman–Crippen LogP) is 1.54. The monoisotopic (exact) mass is 286 g/mol. The first-order valence-corrected chi connectivity index (χ1v) is 6.42. The Morgan fingerprint density at radius 3 is 2.68 bits per heavy atom. The molecule has 0 aliphatic carbocycles. The Hall–Kier alpha value is -1.30. The lowest BCUT2D eigenvalue weighted by Gasteiger charge is -2.25. The highest BCUT2D eigenvalue weighted by Gasteiger charge is 2.07. The van der Waals surface area contributed by atoms with Gasteiger partial charge in [0.2, 0.25) is 0 Å². The average molecular weight is 287 g/mol. The predicted molar refractivity (Wildman–Crippen MR) is 71.5 cm³/mol. The molecular formula is C13H17ClNO4-. The van der Waals surface area contributed by atoms with Crippen LogP contribution in [-0.4, -0.2) is 39.1 Å². The first kappa shape index (κ1) is 15.8. The zero-order chi connectivity index (χ0) is 14.1. The molecule has 0 aliphatic heterocycles. The lowest BCUT2D eigenvalue weighted by molar-refractivity contribution is -0.246. The number of anilines is 1. The molecule has 0 saturated heterocycles. The van der Waals surface area contributed by atoms with Gasteiger partial charge in [-0.05, 0) is 25.1 Å². The summed E-state index contributed by atoms with van der Waals surface area (Å²) in [5, 5.41) is 11.5. The van der Waals surface area contributed by atoms with Gasteiger partial charge in [0, 0.05) is 23.9 Å². The third-order valence-electron chi connectivity index (χ3n) is 2.38. The van der Waals surface area contributed by atoms with Crippen LogP contribution in [0.3, 0.4) is 0 Å². The molecule has 1 amide bonds. The van der Waals surface area contributed by atoms with Crippen molar-refractivity contribution in [2.24, 2.45) is 0 Å². The van der Waals surface area contributed by atoms with E-state index in [4.69, 9.17) is 21.1 Å². The van der Waals surface area contributed by atoms with Gasteiger partial charge in [0.25, 0.3) is 0 Å². The molecule has 19 heavy (non-hydrogen) atoms. The van der Waals surface area contributed by atoms with Gasteiger partial charge in [-0.15, -0.1) is 0 Å². The molecule has 0 unspecified atom stereocenters. The van der Waals surface area contributed by atoms with Crippen LogP contribution in [0.25, 0.3) is 0 Å². The summed E-state index contributed by atoms with van der Waals surface area (Å²) in [5.41, 5.74) is 0.473. The number of carboxylic acid groups (broad SMARTS) is 1. The summed E-state index contributed by atoms with van der Waals surface area (Å²) in [6.07, 6.45) is -1.28. The van der Waals surface area contributed by atoms with Crippen molar-refractivity contribution in [1.82, 2.24) is 0 Å². The maximum absolute atomic E-state index is 11.1. The minimum Gasteiger partial charge on any atom is -0.530 e. The van der Waals surface area contributed by atoms with Gasteiger partial charge in [-0.1, -0.05) is 17.7 Å². The third-order valence-corrected chi connectivity index (χ3v) is 2.61. The Kier molecular flexibility index (Phi) is 7.25. The van der Waals surface area contributed by atoms with Crippen molar-refractivity contribution in [1.29, 1.82) is 0 Å². The van der Waals surface area contributed by atoms with Gasteiger partial charge in [0.05, 0.1) is 19.8 Å². The van der Waals surface area contributed by atoms with Crippen LogP contribution in [0, 0.1) is 0 Å². The maximum Gasteiger partial charge on any atom is 0.141 e. The molecule has 0 saturated carbocycles. The SMILES string of the molecule is CCOCCOCCN(C(=O)[O-])c1cccc(Cl)c1. The molecule has 1 aromatic rings. The summed E-state index contributed by atoms with van der Waals surface area (Å²) < 4.78 is 10.4. The number of halogens is 1. The molecule has 0 N–H and O–H groups in total. The van der Waals surface area contributed by atoms with Crippen molar-refractivity contribution < 1.29 is 19.4 Å². The highest BCUT2D eigenvalue weighted by atomic mass is 35.5. The van der Waals surface area contributed by atoms with E-state index in [0.717, 1.165) is 4.90 Å². The molecule has 1 aromatic carbocycles. The molecule has 106 valence electrons. The van der Waals surface area contributed by atoms with Gasteiger partial charge in [0.15, 0.2) is 0 Å². The Balaban J connectivity index is 2.44. The minimum atomic E-state index is -1.28. The molecular weight excluding hydrogens is 270 g/mol. The molecule has 6 heteroatoms. The van der Waals surface area contributed by atoms with Gasteiger partial charge in [-0.3, -0.25) is 0 Å². The Morgan fingerprint density at radius 1 is 1.32 bits per heavy atom. The van der Waals surface area contributed by atoms with E-state index in [-0.39, 0.29) is 13.2 Å². The summed E-state index contributed by atoms with van der Waals surface area (Å²) in [5.74, 6) is 0. The number of carbonyl (C=O) groups excluding carboxylic acids is 1. The summed E-state index contributed by atoms with van der Waals surface area (Å²) in [6.45, 7) is 3.93. The summed E-state index contributed by atoms with van der Waals surface area (Å²) in [7, 11) is 0. The number of ether oxygens (including phenoxy) is 2. The van der Waals surface area contributed by atoms with E-state index >= 15 is 0 Å². The number of nitrogens with zero attached hydrogens (tertiary/aromatic N) is 1. The van der Waals surface area contributed by atoms with Crippen molar-refractivity contribution in [3.05, 3.63) is 29.3 Å². The fourth-order valence-corrected chi connectivity index (χ4v) is 1.67. The van der Waals surface area contributed by atoms with Gasteiger partial charge in [-0.2, -0.15) is 0 Å². The minimum absolute atomic E-state index is 0.189. The number of benzene rings is 1. The summed E-state index contributed by atoms with van der Waals surface area (Å²) in [4.78, 5) is 12.2. The second kappa shape index (κ2) is 8.74. The van der Waals surface area contributed by atoms with Crippen molar-refractivity contribution in [2.45, 2.75) is 6.92 Å². The largest absolute Gasteiger partial charge is 0.530 e. The van der Waals surface area contributed by atoms with Crippen LogP contribution >= 0.6 is 11.6 Å². The fraction of sp³-hybridized carbons (Fsp3) is 0.462. The average Bonchev–Trinajstić information content (AvgIpc) is 2.37. The Bertz CT molecular complexity index is 400. The molecule has 1 rings (SSSR count). The van der Waals surface area contributed by atoms with Crippen molar-refractivity contribution in [2.75, 3.05) is 37.9 Å². The van der Waals surface area contributed by atoms with Crippen LogP contribution in [0.15, 0.2) is 24.3 Å². The quantitative estimate of drug-likeness (QED) is 0.680. The van der Waals surface area contributed by atoms with Crippen LogP contribution in [-0.2, 0) is 9.47 Å². The van der Waals surface area contributed by atoms with Crippen LogP contribution in [0.2, 0.25) is 5.02 Å². The number of carbonyl (C=O) groups is 1. The van der Waals surface area contributed by atoms with E-state index in [1.54, 1.807) is 24.3 Å². The normalized spacial score (nSPS) is 10.4. The van der Waals surface area contributed by atoms with Crippen LogP contribution in [0.1, 0.15) is 6.92 Å². The molecule has 0 fully saturated rings. The van der Waals surface area contributed by atoms with Crippen LogP contribution < -0.4 is 10.0 Å². The van der Waals surface area contributed by atoms with E-state index in [9.17, 15) is 9.90 Å². The lowest BCUT2D eigenvalue weighted by Crippen LogP contribution is -2.43. The topological polar surface area (TPSA) is 61.8 Å². The summed E-state index contributed by atoms with van der Waals surface area (Å²) >= 11 is 5.82. The molecule has 5 nitrogen and oxygen atoms in total. The standard InChI is InChI=1S/C13H18ClNO4/c1-2-18-8-9-19-7-6-15(13(16)17)12-5-3-4-11(14)10-12/h3-5,10H,2,6-9H2,1H3,(H,16,17)/p-1. The number of amides is 1. The van der Waals surface area contributed by atoms with Crippen molar-refractivity contribution >= 4 is 23.4 Å². The highest BCUT2D eigenvalue weighted by molar-refractivity contribution is 6.30. The molecule has 0 radical (unpaired) electrons. The maximum atomic E-state index is 11.1. The van der Waals surface area contributed by atoms with Crippen LogP contribution in [0.5, 0.6) is 0 Å². The molecule has 0 aromatic heterocycles. The van der Waals surface area contributed by atoms with Crippen molar-refractivity contribution in [3.63, 3.8) is 0 Å². The molecule has 0 atom stereocenters. The van der Waals surface area contributed by atoms with Gasteiger partial charge in [-0.25, -0.2) is 0 Å². The van der Waals surface area contributed by atoms with E-state index in [1.165, 1.54) is 0 Å². The molecule has 0 spiro atoms. The van der Waals surface area contributed by atoms with Gasteiger partial charge >= 0.3 is 0 Å². The van der Waals surface area contributed by atoms with E-state index in [0.29, 0.717) is 30.5 Å². The fourth-order valence-electron chi connectivity index (χ4n) is 1.49. The number of hydrogen-bond donors (Lipinski definition) is 0. The molecule has 0 heterocycles. The zero-order valence-electron chi connectivity index (χ0n) is 10.8. The van der Waals surface area contributed by atoms with Crippen molar-refractivity contribution in [3.8, 4) is 0 Å². The zero-order valence-corrected chi connectivity index (χ0v) is 11.6. The van der Waals surface area contributed by atoms with Crippen LogP contribution in [0.4, 0.5) is 10.5 Å². The second-order valence-corrected chi connectivity index (χ2v) is 4.14. The molecule has 0 aliphatic rings. The van der Waals surface area contributed by atoms with E-state index in [2.05, 4.69) is 0 Å². The lowest BCUT2D eigenvalue weighted by atomic mass is 10.3. The van der Waals surface area contributed by atoms with E-state index in [1.807, 2.05) is 6.92 Å². The Morgan fingerprint density at radius 2 is 2.05 bits per heavy atom. The third kappa shape index (κ3) is 5.92. The first-order chi connectivity index (χ1) is 9.15. The highest BCUT2D eigenvalue weighted by Crippen LogP contribution is 2.18. The Labute approximate surface area is 117 Å².